The molecule has 1 aromatic carbocycles. The molecule has 0 saturated carbocycles. The third-order valence-corrected chi connectivity index (χ3v) is 3.26. The van der Waals surface area contributed by atoms with Gasteiger partial charge >= 0.3 is 0 Å². The van der Waals surface area contributed by atoms with E-state index in [-0.39, 0.29) is 11.4 Å². The maximum absolute atomic E-state index is 13.1. The lowest BCUT2D eigenvalue weighted by atomic mass is 10.3. The second kappa shape index (κ2) is 5.77. The minimum Gasteiger partial charge on any atom is -0.505 e. The predicted octanol–water partition coefficient (Wildman–Crippen LogP) is 1.74. The van der Waals surface area contributed by atoms with Gasteiger partial charge in [0.05, 0.1) is 5.01 Å². The summed E-state index contributed by atoms with van der Waals surface area (Å²) in [6, 6.07) is 3.62. The fourth-order valence-corrected chi connectivity index (χ4v) is 2.23. The van der Waals surface area contributed by atoms with E-state index in [2.05, 4.69) is 10.3 Å². The number of halogens is 1. The lowest BCUT2D eigenvalue weighted by molar-refractivity contribution is 0.102. The molecule has 100 valence electrons. The minimum atomic E-state index is -0.792. The molecule has 0 aliphatic rings. The molecule has 4 N–H and O–H groups in total. The molecule has 0 unspecified atom stereocenters. The Morgan fingerprint density at radius 1 is 1.53 bits per heavy atom. The molecule has 2 rings (SSSR count). The van der Waals surface area contributed by atoms with Gasteiger partial charge in [-0.05, 0) is 18.7 Å². The molecule has 0 aliphatic carbocycles. The van der Waals surface area contributed by atoms with Crippen LogP contribution in [-0.4, -0.2) is 22.5 Å². The summed E-state index contributed by atoms with van der Waals surface area (Å²) in [5.74, 6) is -1.68. The van der Waals surface area contributed by atoms with Gasteiger partial charge in [-0.25, -0.2) is 9.37 Å². The Hall–Kier alpha value is -1.99. The molecular formula is C12H12FN3O2S. The summed E-state index contributed by atoms with van der Waals surface area (Å²) in [4.78, 5) is 16.0. The predicted molar refractivity (Wildman–Crippen MR) is 70.9 cm³/mol. The molecule has 0 spiro atoms. The van der Waals surface area contributed by atoms with E-state index >= 15 is 0 Å². The van der Waals surface area contributed by atoms with Crippen molar-refractivity contribution in [1.82, 2.24) is 4.98 Å². The number of carbonyl (C=O) groups is 1. The Morgan fingerprint density at radius 3 is 3.00 bits per heavy atom. The van der Waals surface area contributed by atoms with Gasteiger partial charge in [-0.15, -0.1) is 11.3 Å². The molecule has 7 heteroatoms. The number of hydrogen-bond acceptors (Lipinski definition) is 5. The molecule has 0 bridgehead atoms. The highest BCUT2D eigenvalue weighted by Crippen LogP contribution is 2.20. The Labute approximate surface area is 112 Å². The number of aromatic hydroxyl groups is 1. The average Bonchev–Trinajstić information content (AvgIpc) is 2.83. The van der Waals surface area contributed by atoms with Crippen molar-refractivity contribution in [2.24, 2.45) is 5.73 Å². The van der Waals surface area contributed by atoms with Crippen LogP contribution in [-0.2, 0) is 6.42 Å². The van der Waals surface area contributed by atoms with Gasteiger partial charge in [-0.3, -0.25) is 4.79 Å². The second-order valence-corrected chi connectivity index (χ2v) is 4.73. The Morgan fingerprint density at radius 2 is 2.32 bits per heavy atom. The van der Waals surface area contributed by atoms with E-state index in [0.29, 0.717) is 13.0 Å². The number of rotatable bonds is 4. The number of carbonyl (C=O) groups excluding carboxylic acids is 1. The van der Waals surface area contributed by atoms with E-state index in [1.165, 1.54) is 23.5 Å². The molecule has 1 heterocycles. The van der Waals surface area contributed by atoms with Crippen LogP contribution >= 0.6 is 11.3 Å². The third kappa shape index (κ3) is 3.27. The summed E-state index contributed by atoms with van der Waals surface area (Å²) >= 11 is 1.35. The largest absolute Gasteiger partial charge is 0.505 e. The molecular weight excluding hydrogens is 269 g/mol. The smallest absolute Gasteiger partial charge is 0.275 e. The summed E-state index contributed by atoms with van der Waals surface area (Å²) in [6.07, 6.45) is 0.617. The van der Waals surface area contributed by atoms with Crippen LogP contribution < -0.4 is 11.1 Å². The summed E-state index contributed by atoms with van der Waals surface area (Å²) in [5.41, 5.74) is 5.92. The summed E-state index contributed by atoms with van der Waals surface area (Å²) in [5, 5.41) is 14.0. The van der Waals surface area contributed by atoms with Gasteiger partial charge < -0.3 is 16.2 Å². The summed E-state index contributed by atoms with van der Waals surface area (Å²) < 4.78 is 13.1. The van der Waals surface area contributed by atoms with Crippen molar-refractivity contribution in [2.75, 3.05) is 11.9 Å². The Bertz CT molecular complexity index is 600. The normalized spacial score (nSPS) is 10.4. The number of anilines is 1. The molecule has 1 amide bonds. The van der Waals surface area contributed by atoms with Crippen LogP contribution in [0, 0.1) is 5.82 Å². The van der Waals surface area contributed by atoms with E-state index in [4.69, 9.17) is 10.8 Å². The van der Waals surface area contributed by atoms with Gasteiger partial charge in [-0.1, -0.05) is 0 Å². The number of aromatic nitrogens is 1. The zero-order chi connectivity index (χ0) is 13.8. The molecule has 0 radical (unpaired) electrons. The highest BCUT2D eigenvalue weighted by atomic mass is 32.1. The highest BCUT2D eigenvalue weighted by Gasteiger charge is 2.11. The molecule has 0 atom stereocenters. The van der Waals surface area contributed by atoms with Gasteiger partial charge in [0, 0.05) is 23.6 Å². The van der Waals surface area contributed by atoms with Crippen molar-refractivity contribution >= 4 is 22.9 Å². The molecule has 2 aromatic rings. The lowest BCUT2D eigenvalue weighted by Crippen LogP contribution is -2.13. The van der Waals surface area contributed by atoms with Crippen LogP contribution in [0.4, 0.5) is 10.1 Å². The van der Waals surface area contributed by atoms with Gasteiger partial charge in [0.2, 0.25) is 0 Å². The van der Waals surface area contributed by atoms with Crippen LogP contribution in [0.15, 0.2) is 23.6 Å². The van der Waals surface area contributed by atoms with Gasteiger partial charge in [0.25, 0.3) is 5.91 Å². The molecule has 0 saturated heterocycles. The van der Waals surface area contributed by atoms with E-state index in [9.17, 15) is 9.18 Å². The lowest BCUT2D eigenvalue weighted by Gasteiger charge is -2.03. The van der Waals surface area contributed by atoms with Crippen LogP contribution in [0.25, 0.3) is 0 Å². The van der Waals surface area contributed by atoms with E-state index < -0.39 is 17.5 Å². The minimum absolute atomic E-state index is 0.258. The van der Waals surface area contributed by atoms with Crippen molar-refractivity contribution < 1.29 is 14.3 Å². The maximum atomic E-state index is 13.1. The first-order valence-electron chi connectivity index (χ1n) is 5.54. The first-order valence-corrected chi connectivity index (χ1v) is 6.42. The maximum Gasteiger partial charge on any atom is 0.275 e. The second-order valence-electron chi connectivity index (χ2n) is 3.79. The molecule has 1 aromatic heterocycles. The number of phenolic OH excluding ortho intramolecular Hbond substituents is 1. The number of nitrogens with zero attached hydrogens (tertiary/aromatic N) is 1. The summed E-state index contributed by atoms with van der Waals surface area (Å²) in [7, 11) is 0. The number of hydrogen-bond donors (Lipinski definition) is 3. The number of thiazole rings is 1. The molecule has 0 fully saturated rings. The van der Waals surface area contributed by atoms with Crippen molar-refractivity contribution in [3.05, 3.63) is 40.1 Å². The number of nitrogens with two attached hydrogens (primary N) is 1. The first kappa shape index (κ1) is 13.4. The number of nitrogens with one attached hydrogen (secondary N) is 1. The van der Waals surface area contributed by atoms with Crippen LogP contribution in [0.2, 0.25) is 0 Å². The standard InChI is InChI=1S/C12H12FN3O2S/c13-8-5-7(1-2-10(8)17)15-12(18)9-6-19-11(16-9)3-4-14/h1-2,5-6,17H,3-4,14H2,(H,15,18). The molecule has 19 heavy (non-hydrogen) atoms. The number of amides is 1. The highest BCUT2D eigenvalue weighted by molar-refractivity contribution is 7.09. The van der Waals surface area contributed by atoms with Crippen molar-refractivity contribution in [3.63, 3.8) is 0 Å². The van der Waals surface area contributed by atoms with Crippen molar-refractivity contribution in [3.8, 4) is 5.75 Å². The average molecular weight is 281 g/mol. The third-order valence-electron chi connectivity index (χ3n) is 2.35. The topological polar surface area (TPSA) is 88.2 Å². The Balaban J connectivity index is 2.09. The van der Waals surface area contributed by atoms with Crippen molar-refractivity contribution in [1.29, 1.82) is 0 Å². The fourth-order valence-electron chi connectivity index (χ4n) is 1.43. The number of phenols is 1. The van der Waals surface area contributed by atoms with Crippen molar-refractivity contribution in [2.45, 2.75) is 6.42 Å². The van der Waals surface area contributed by atoms with Crippen LogP contribution in [0.3, 0.4) is 0 Å². The zero-order valence-electron chi connectivity index (χ0n) is 9.89. The quantitative estimate of drug-likeness (QED) is 0.745. The molecule has 5 nitrogen and oxygen atoms in total. The van der Waals surface area contributed by atoms with Gasteiger partial charge in [-0.2, -0.15) is 0 Å². The van der Waals surface area contributed by atoms with Crippen LogP contribution in [0.1, 0.15) is 15.5 Å². The number of benzene rings is 1. The van der Waals surface area contributed by atoms with E-state index in [0.717, 1.165) is 11.1 Å². The first-order chi connectivity index (χ1) is 9.10. The van der Waals surface area contributed by atoms with Gasteiger partial charge in [0.1, 0.15) is 5.69 Å². The van der Waals surface area contributed by atoms with Crippen LogP contribution in [0.5, 0.6) is 5.75 Å². The zero-order valence-corrected chi connectivity index (χ0v) is 10.7. The van der Waals surface area contributed by atoms with Gasteiger partial charge in [0.15, 0.2) is 11.6 Å². The van der Waals surface area contributed by atoms with E-state index in [1.54, 1.807) is 5.38 Å². The summed E-state index contributed by atoms with van der Waals surface area (Å²) in [6.45, 7) is 0.470. The fraction of sp³-hybridized carbons (Fsp3) is 0.167. The molecule has 0 aliphatic heterocycles. The van der Waals surface area contributed by atoms with E-state index in [1.807, 2.05) is 0 Å². The monoisotopic (exact) mass is 281 g/mol. The SMILES string of the molecule is NCCc1nc(C(=O)Nc2ccc(O)c(F)c2)cs1. The Kier molecular flexibility index (Phi) is 4.08.